The molecule has 0 aliphatic heterocycles. The summed E-state index contributed by atoms with van der Waals surface area (Å²) in [6.45, 7) is 2.26. The fourth-order valence-corrected chi connectivity index (χ4v) is 3.23. The van der Waals surface area contributed by atoms with Gasteiger partial charge in [0.2, 0.25) is 0 Å². The maximum Gasteiger partial charge on any atom is 0.416 e. The van der Waals surface area contributed by atoms with Crippen LogP contribution in [0.5, 0.6) is 5.75 Å². The number of carbonyl (C=O) groups excluding carboxylic acids is 1. The van der Waals surface area contributed by atoms with E-state index in [4.69, 9.17) is 4.74 Å². The third kappa shape index (κ3) is 4.95. The van der Waals surface area contributed by atoms with Crippen molar-refractivity contribution in [1.82, 2.24) is 5.32 Å². The average Bonchev–Trinajstić information content (AvgIpc) is 2.78. The minimum atomic E-state index is -4.73. The molecule has 0 radical (unpaired) electrons. The number of carbonyl (C=O) groups is 2. The molecule has 0 bridgehead atoms. The third-order valence-electron chi connectivity index (χ3n) is 5.51. The van der Waals surface area contributed by atoms with Gasteiger partial charge in [0.15, 0.2) is 0 Å². The lowest BCUT2D eigenvalue weighted by Crippen LogP contribution is -2.51. The Hall–Kier alpha value is -3.69. The molecule has 3 rings (SSSR count). The zero-order valence-corrected chi connectivity index (χ0v) is 18.1. The molecule has 1 atom stereocenters. The molecule has 1 unspecified atom stereocenters. The Kier molecular flexibility index (Phi) is 6.81. The van der Waals surface area contributed by atoms with Crippen LogP contribution >= 0.6 is 0 Å². The highest BCUT2D eigenvalue weighted by atomic mass is 19.4. The minimum absolute atomic E-state index is 0.0249. The number of hydrogen-bond acceptors (Lipinski definition) is 3. The molecule has 0 fully saturated rings. The van der Waals surface area contributed by atoms with Crippen molar-refractivity contribution in [2.75, 3.05) is 0 Å². The molecule has 0 saturated heterocycles. The second kappa shape index (κ2) is 9.28. The molecule has 0 saturated carbocycles. The standard InChI is InChI=1S/C24H20F5NO4/c1-3-23(2,22(32)33)30-21(31)17-11-19(26)15-6-4-5-7-16(15)20(17)34-12-13-8-9-14(10-18(13)25)24(27,28)29/h4-11H,3,12H2,1-2H3,(H,30,31)(H,32,33). The Balaban J connectivity index is 2.03. The van der Waals surface area contributed by atoms with Crippen LogP contribution in [-0.4, -0.2) is 22.5 Å². The first-order valence-electron chi connectivity index (χ1n) is 10.1. The van der Waals surface area contributed by atoms with Crippen LogP contribution in [0.1, 0.15) is 41.8 Å². The number of halogens is 5. The van der Waals surface area contributed by atoms with Crippen LogP contribution in [0.4, 0.5) is 22.0 Å². The van der Waals surface area contributed by atoms with Crippen LogP contribution in [0, 0.1) is 11.6 Å². The predicted molar refractivity (Wildman–Crippen MR) is 113 cm³/mol. The molecular formula is C24H20F5NO4. The van der Waals surface area contributed by atoms with Crippen LogP contribution in [0.2, 0.25) is 0 Å². The van der Waals surface area contributed by atoms with Crippen LogP contribution in [0.3, 0.4) is 0 Å². The topological polar surface area (TPSA) is 75.6 Å². The summed E-state index contributed by atoms with van der Waals surface area (Å²) in [4.78, 5) is 24.5. The molecule has 0 aliphatic carbocycles. The fraction of sp³-hybridized carbons (Fsp3) is 0.250. The van der Waals surface area contributed by atoms with Gasteiger partial charge in [-0.15, -0.1) is 0 Å². The minimum Gasteiger partial charge on any atom is -0.487 e. The first-order chi connectivity index (χ1) is 15.9. The number of alkyl halides is 3. The second-order valence-corrected chi connectivity index (χ2v) is 7.82. The summed E-state index contributed by atoms with van der Waals surface area (Å²) in [5.74, 6) is -4.37. The summed E-state index contributed by atoms with van der Waals surface area (Å²) in [7, 11) is 0. The zero-order chi connectivity index (χ0) is 25.3. The van der Waals surface area contributed by atoms with Crippen molar-refractivity contribution < 1.29 is 41.4 Å². The Labute approximate surface area is 191 Å². The average molecular weight is 481 g/mol. The lowest BCUT2D eigenvalue weighted by Gasteiger charge is -2.25. The van der Waals surface area contributed by atoms with Gasteiger partial charge in [0.05, 0.1) is 11.1 Å². The largest absolute Gasteiger partial charge is 0.487 e. The summed E-state index contributed by atoms with van der Waals surface area (Å²) < 4.78 is 73.1. The maximum atomic E-state index is 14.7. The summed E-state index contributed by atoms with van der Waals surface area (Å²) >= 11 is 0. The van der Waals surface area contributed by atoms with E-state index >= 15 is 0 Å². The number of carboxylic acid groups (broad SMARTS) is 1. The van der Waals surface area contributed by atoms with Crippen molar-refractivity contribution in [1.29, 1.82) is 0 Å². The fourth-order valence-electron chi connectivity index (χ4n) is 3.23. The summed E-state index contributed by atoms with van der Waals surface area (Å²) in [6, 6.07) is 8.75. The summed E-state index contributed by atoms with van der Waals surface area (Å²) in [6.07, 6.45) is -4.70. The van der Waals surface area contributed by atoms with Crippen molar-refractivity contribution in [2.24, 2.45) is 0 Å². The van der Waals surface area contributed by atoms with Gasteiger partial charge in [0.1, 0.15) is 29.5 Å². The van der Waals surface area contributed by atoms with Crippen LogP contribution in [-0.2, 0) is 17.6 Å². The summed E-state index contributed by atoms with van der Waals surface area (Å²) in [5.41, 5.74) is -3.40. The van der Waals surface area contributed by atoms with Crippen molar-refractivity contribution in [2.45, 2.75) is 38.6 Å². The first-order valence-corrected chi connectivity index (χ1v) is 10.1. The van der Waals surface area contributed by atoms with Crippen molar-refractivity contribution in [3.8, 4) is 5.75 Å². The number of ether oxygens (including phenoxy) is 1. The van der Waals surface area contributed by atoms with Gasteiger partial charge in [-0.2, -0.15) is 13.2 Å². The molecule has 34 heavy (non-hydrogen) atoms. The van der Waals surface area contributed by atoms with Gasteiger partial charge in [0, 0.05) is 16.3 Å². The van der Waals surface area contributed by atoms with Crippen molar-refractivity contribution in [3.05, 3.63) is 76.9 Å². The maximum absolute atomic E-state index is 14.7. The molecule has 0 heterocycles. The van der Waals surface area contributed by atoms with E-state index in [-0.39, 0.29) is 34.1 Å². The second-order valence-electron chi connectivity index (χ2n) is 7.82. The third-order valence-corrected chi connectivity index (χ3v) is 5.51. The number of benzene rings is 3. The van der Waals surface area contributed by atoms with Gasteiger partial charge in [-0.25, -0.2) is 13.6 Å². The van der Waals surface area contributed by atoms with Crippen LogP contribution < -0.4 is 10.1 Å². The summed E-state index contributed by atoms with van der Waals surface area (Å²) in [5, 5.41) is 12.0. The van der Waals surface area contributed by atoms with Gasteiger partial charge in [-0.3, -0.25) is 4.79 Å². The molecular weight excluding hydrogens is 461 g/mol. The lowest BCUT2D eigenvalue weighted by atomic mass is 9.97. The Morgan fingerprint density at radius 3 is 2.21 bits per heavy atom. The SMILES string of the molecule is CCC(C)(NC(=O)c1cc(F)c2ccccc2c1OCc1ccc(C(F)(F)F)cc1F)C(=O)O. The number of rotatable bonds is 7. The highest BCUT2D eigenvalue weighted by molar-refractivity contribution is 6.05. The predicted octanol–water partition coefficient (Wildman–Crippen LogP) is 5.70. The van der Waals surface area contributed by atoms with Gasteiger partial charge < -0.3 is 15.2 Å². The number of hydrogen-bond donors (Lipinski definition) is 2. The van der Waals surface area contributed by atoms with Gasteiger partial charge in [-0.1, -0.05) is 37.3 Å². The van der Waals surface area contributed by atoms with Crippen LogP contribution in [0.25, 0.3) is 10.8 Å². The van der Waals surface area contributed by atoms with Crippen LogP contribution in [0.15, 0.2) is 48.5 Å². The van der Waals surface area contributed by atoms with Gasteiger partial charge >= 0.3 is 12.1 Å². The van der Waals surface area contributed by atoms with E-state index in [0.717, 1.165) is 12.1 Å². The molecule has 0 aliphatic rings. The highest BCUT2D eigenvalue weighted by Crippen LogP contribution is 2.34. The monoisotopic (exact) mass is 481 g/mol. The quantitative estimate of drug-likeness (QED) is 0.425. The van der Waals surface area contributed by atoms with E-state index in [2.05, 4.69) is 5.32 Å². The van der Waals surface area contributed by atoms with E-state index in [1.54, 1.807) is 19.1 Å². The Morgan fingerprint density at radius 1 is 1.00 bits per heavy atom. The molecule has 5 nitrogen and oxygen atoms in total. The molecule has 3 aromatic carbocycles. The number of carboxylic acids is 1. The lowest BCUT2D eigenvalue weighted by molar-refractivity contribution is -0.144. The number of aliphatic carboxylic acids is 1. The molecule has 3 aromatic rings. The molecule has 1 amide bonds. The number of nitrogens with one attached hydrogen (secondary N) is 1. The highest BCUT2D eigenvalue weighted by Gasteiger charge is 2.34. The van der Waals surface area contributed by atoms with Crippen molar-refractivity contribution >= 4 is 22.6 Å². The van der Waals surface area contributed by atoms with E-state index < -0.39 is 47.4 Å². The zero-order valence-electron chi connectivity index (χ0n) is 18.1. The van der Waals surface area contributed by atoms with Gasteiger partial charge in [-0.05, 0) is 31.5 Å². The Morgan fingerprint density at radius 2 is 1.65 bits per heavy atom. The van der Waals surface area contributed by atoms with E-state index in [1.807, 2.05) is 0 Å². The number of fused-ring (bicyclic) bond motifs is 1. The van der Waals surface area contributed by atoms with Gasteiger partial charge in [0.25, 0.3) is 5.91 Å². The Bertz CT molecular complexity index is 1260. The molecule has 0 aromatic heterocycles. The van der Waals surface area contributed by atoms with E-state index in [9.17, 15) is 36.6 Å². The van der Waals surface area contributed by atoms with E-state index in [1.165, 1.54) is 19.1 Å². The smallest absolute Gasteiger partial charge is 0.416 e. The molecule has 2 N–H and O–H groups in total. The number of amides is 1. The molecule has 180 valence electrons. The molecule has 10 heteroatoms. The molecule has 0 spiro atoms. The van der Waals surface area contributed by atoms with E-state index in [0.29, 0.717) is 12.1 Å². The van der Waals surface area contributed by atoms with Crippen molar-refractivity contribution in [3.63, 3.8) is 0 Å². The normalized spacial score (nSPS) is 13.4. The first kappa shape index (κ1) is 24.9.